The zero-order chi connectivity index (χ0) is 14.4. The van der Waals surface area contributed by atoms with Gasteiger partial charge in [-0.15, -0.1) is 0 Å². The third kappa shape index (κ3) is 4.33. The third-order valence-corrected chi connectivity index (χ3v) is 3.48. The Labute approximate surface area is 117 Å². The molecule has 20 heavy (non-hydrogen) atoms. The van der Waals surface area contributed by atoms with Crippen molar-refractivity contribution in [3.05, 3.63) is 30.1 Å². The summed E-state index contributed by atoms with van der Waals surface area (Å²) in [5, 5.41) is 5.15. The van der Waals surface area contributed by atoms with Crippen LogP contribution in [0.25, 0.3) is 0 Å². The highest BCUT2D eigenvalue weighted by Gasteiger charge is 2.19. The van der Waals surface area contributed by atoms with E-state index >= 15 is 0 Å². The van der Waals surface area contributed by atoms with E-state index in [0.29, 0.717) is 0 Å². The lowest BCUT2D eigenvalue weighted by molar-refractivity contribution is -0.136. The van der Waals surface area contributed by atoms with Crippen molar-refractivity contribution in [2.45, 2.75) is 44.6 Å². The molecule has 5 heteroatoms. The topological polar surface area (TPSA) is 58.2 Å². The predicted octanol–water partition coefficient (Wildman–Crippen LogP) is 2.60. The van der Waals surface area contributed by atoms with Gasteiger partial charge >= 0.3 is 11.8 Å². The van der Waals surface area contributed by atoms with Gasteiger partial charge in [-0.05, 0) is 31.0 Å². The number of halogens is 1. The van der Waals surface area contributed by atoms with Crippen molar-refractivity contribution >= 4 is 17.5 Å². The molecule has 1 fully saturated rings. The minimum absolute atomic E-state index is 0.0725. The minimum atomic E-state index is -0.750. The van der Waals surface area contributed by atoms with Gasteiger partial charge in [0.2, 0.25) is 0 Å². The van der Waals surface area contributed by atoms with E-state index < -0.39 is 17.6 Å². The van der Waals surface area contributed by atoms with Crippen molar-refractivity contribution in [3.63, 3.8) is 0 Å². The number of nitrogens with one attached hydrogen (secondary N) is 2. The van der Waals surface area contributed by atoms with Crippen molar-refractivity contribution < 1.29 is 14.0 Å². The average Bonchev–Trinajstić information content (AvgIpc) is 2.67. The van der Waals surface area contributed by atoms with Crippen LogP contribution in [0, 0.1) is 5.82 Å². The van der Waals surface area contributed by atoms with Gasteiger partial charge in [-0.25, -0.2) is 4.39 Å². The third-order valence-electron chi connectivity index (χ3n) is 3.48. The molecule has 108 valence electrons. The lowest BCUT2D eigenvalue weighted by Gasteiger charge is -2.15. The Kier molecular flexibility index (Phi) is 5.09. The summed E-state index contributed by atoms with van der Waals surface area (Å²) in [6.07, 6.45) is 6.36. The second-order valence-electron chi connectivity index (χ2n) is 5.13. The maximum absolute atomic E-state index is 13.0. The molecule has 2 N–H and O–H groups in total. The standard InChI is InChI=1S/C15H19FN2O2/c16-11-6-5-9-13(10-11)18-15(20)14(19)17-12-7-3-1-2-4-8-12/h5-6,9-10,12H,1-4,7-8H2,(H,17,19)(H,18,20). The Balaban J connectivity index is 1.86. The molecule has 4 nitrogen and oxygen atoms in total. The molecule has 0 saturated heterocycles. The number of carbonyl (C=O) groups excluding carboxylic acids is 2. The summed E-state index contributed by atoms with van der Waals surface area (Å²) in [6.45, 7) is 0. The van der Waals surface area contributed by atoms with Crippen LogP contribution < -0.4 is 10.6 Å². The van der Waals surface area contributed by atoms with Gasteiger partial charge in [0, 0.05) is 11.7 Å². The first-order valence-corrected chi connectivity index (χ1v) is 7.02. The van der Waals surface area contributed by atoms with E-state index in [2.05, 4.69) is 10.6 Å². The highest BCUT2D eigenvalue weighted by molar-refractivity contribution is 6.39. The number of amides is 2. The highest BCUT2D eigenvalue weighted by atomic mass is 19.1. The Morgan fingerprint density at radius 1 is 1.05 bits per heavy atom. The first-order chi connectivity index (χ1) is 9.65. The molecule has 0 aromatic heterocycles. The normalized spacial score (nSPS) is 16.2. The minimum Gasteiger partial charge on any atom is -0.345 e. The fourth-order valence-corrected chi connectivity index (χ4v) is 2.43. The zero-order valence-corrected chi connectivity index (χ0v) is 11.3. The molecule has 2 amide bonds. The van der Waals surface area contributed by atoms with E-state index in [1.807, 2.05) is 0 Å². The summed E-state index contributed by atoms with van der Waals surface area (Å²) < 4.78 is 13.0. The summed E-state index contributed by atoms with van der Waals surface area (Å²) in [4.78, 5) is 23.5. The fraction of sp³-hybridized carbons (Fsp3) is 0.467. The Hall–Kier alpha value is -1.91. The van der Waals surface area contributed by atoms with E-state index in [1.165, 1.54) is 31.0 Å². The van der Waals surface area contributed by atoms with Gasteiger partial charge in [0.25, 0.3) is 0 Å². The second kappa shape index (κ2) is 7.03. The number of hydrogen-bond acceptors (Lipinski definition) is 2. The summed E-state index contributed by atoms with van der Waals surface area (Å²) in [7, 11) is 0. The molecule has 0 atom stereocenters. The maximum Gasteiger partial charge on any atom is 0.313 e. The Morgan fingerprint density at radius 2 is 1.75 bits per heavy atom. The number of anilines is 1. The predicted molar refractivity (Wildman–Crippen MR) is 74.7 cm³/mol. The first-order valence-electron chi connectivity index (χ1n) is 7.02. The van der Waals surface area contributed by atoms with Crippen LogP contribution in [0.15, 0.2) is 24.3 Å². The van der Waals surface area contributed by atoms with Crippen LogP contribution in [0.2, 0.25) is 0 Å². The highest BCUT2D eigenvalue weighted by Crippen LogP contribution is 2.17. The van der Waals surface area contributed by atoms with Crippen LogP contribution in [0.3, 0.4) is 0 Å². The van der Waals surface area contributed by atoms with E-state index in [9.17, 15) is 14.0 Å². The van der Waals surface area contributed by atoms with Gasteiger partial charge in [-0.1, -0.05) is 31.7 Å². The van der Waals surface area contributed by atoms with Gasteiger partial charge in [0.05, 0.1) is 0 Å². The summed E-state index contributed by atoms with van der Waals surface area (Å²) >= 11 is 0. The number of rotatable bonds is 2. The summed E-state index contributed by atoms with van der Waals surface area (Å²) in [5.41, 5.74) is 0.283. The molecule has 0 bridgehead atoms. The molecule has 0 radical (unpaired) electrons. The molecule has 1 saturated carbocycles. The van der Waals surface area contributed by atoms with Crippen LogP contribution >= 0.6 is 0 Å². The van der Waals surface area contributed by atoms with Crippen molar-refractivity contribution in [1.82, 2.24) is 5.32 Å². The summed E-state index contributed by atoms with van der Waals surface area (Å²) in [5.74, 6) is -1.85. The van der Waals surface area contributed by atoms with Crippen molar-refractivity contribution in [2.24, 2.45) is 0 Å². The van der Waals surface area contributed by atoms with Crippen molar-refractivity contribution in [1.29, 1.82) is 0 Å². The van der Waals surface area contributed by atoms with Gasteiger partial charge < -0.3 is 10.6 Å². The lowest BCUT2D eigenvalue weighted by atomic mass is 10.1. The first kappa shape index (κ1) is 14.5. The molecule has 0 aliphatic heterocycles. The molecule has 2 rings (SSSR count). The monoisotopic (exact) mass is 278 g/mol. The van der Waals surface area contributed by atoms with Gasteiger partial charge in [-0.3, -0.25) is 9.59 Å². The average molecular weight is 278 g/mol. The molecule has 1 aromatic carbocycles. The fourth-order valence-electron chi connectivity index (χ4n) is 2.43. The lowest BCUT2D eigenvalue weighted by Crippen LogP contribution is -2.41. The van der Waals surface area contributed by atoms with E-state index in [-0.39, 0.29) is 11.7 Å². The van der Waals surface area contributed by atoms with Gasteiger partial charge in [0.15, 0.2) is 0 Å². The maximum atomic E-state index is 13.0. The van der Waals surface area contributed by atoms with Gasteiger partial charge in [-0.2, -0.15) is 0 Å². The number of benzene rings is 1. The van der Waals surface area contributed by atoms with E-state index in [0.717, 1.165) is 25.7 Å². The quantitative estimate of drug-likeness (QED) is 0.645. The molecular formula is C15H19FN2O2. The smallest absolute Gasteiger partial charge is 0.313 e. The van der Waals surface area contributed by atoms with Crippen LogP contribution in [-0.2, 0) is 9.59 Å². The van der Waals surface area contributed by atoms with E-state index in [4.69, 9.17) is 0 Å². The second-order valence-corrected chi connectivity index (χ2v) is 5.13. The zero-order valence-electron chi connectivity index (χ0n) is 11.3. The molecule has 1 aliphatic rings. The van der Waals surface area contributed by atoms with Crippen molar-refractivity contribution in [3.8, 4) is 0 Å². The Morgan fingerprint density at radius 3 is 2.40 bits per heavy atom. The molecule has 0 heterocycles. The summed E-state index contributed by atoms with van der Waals surface area (Å²) in [6, 6.07) is 5.55. The largest absolute Gasteiger partial charge is 0.345 e. The van der Waals surface area contributed by atoms with Crippen LogP contribution in [0.1, 0.15) is 38.5 Å². The number of carbonyl (C=O) groups is 2. The van der Waals surface area contributed by atoms with Crippen LogP contribution in [-0.4, -0.2) is 17.9 Å². The van der Waals surface area contributed by atoms with Gasteiger partial charge in [0.1, 0.15) is 5.82 Å². The molecule has 1 aromatic rings. The number of hydrogen-bond donors (Lipinski definition) is 2. The molecular weight excluding hydrogens is 259 g/mol. The molecule has 1 aliphatic carbocycles. The van der Waals surface area contributed by atoms with E-state index in [1.54, 1.807) is 6.07 Å². The van der Waals surface area contributed by atoms with Crippen molar-refractivity contribution in [2.75, 3.05) is 5.32 Å². The SMILES string of the molecule is O=C(Nc1cccc(F)c1)C(=O)NC1CCCCCC1. The van der Waals surface area contributed by atoms with Crippen LogP contribution in [0.4, 0.5) is 10.1 Å². The molecule has 0 spiro atoms. The van der Waals surface area contributed by atoms with Crippen LogP contribution in [0.5, 0.6) is 0 Å². The molecule has 0 unspecified atom stereocenters. The Bertz CT molecular complexity index is 483.